The van der Waals surface area contributed by atoms with Gasteiger partial charge < -0.3 is 9.84 Å². The third-order valence-corrected chi connectivity index (χ3v) is 1.75. The van der Waals surface area contributed by atoms with Gasteiger partial charge in [0.25, 0.3) is 0 Å². The summed E-state index contributed by atoms with van der Waals surface area (Å²) < 4.78 is 5.06. The van der Waals surface area contributed by atoms with Crippen LogP contribution in [-0.2, 0) is 0 Å². The molecule has 0 atom stereocenters. The van der Waals surface area contributed by atoms with E-state index in [-0.39, 0.29) is 11.3 Å². The van der Waals surface area contributed by atoms with Gasteiger partial charge in [0.2, 0.25) is 0 Å². The molecule has 0 fully saturated rings. The van der Waals surface area contributed by atoms with Gasteiger partial charge in [0.15, 0.2) is 5.75 Å². The monoisotopic (exact) mass is 241 g/mol. The highest BCUT2D eigenvalue weighted by atomic mass is 79.9. The number of nitriles is 1. The molecular formula is C8H4BrNO3. The lowest BCUT2D eigenvalue weighted by Gasteiger charge is -2.01. The lowest BCUT2D eigenvalue weighted by Crippen LogP contribution is -2.04. The molecule has 4 nitrogen and oxygen atoms in total. The zero-order chi connectivity index (χ0) is 9.84. The highest BCUT2D eigenvalue weighted by Crippen LogP contribution is 2.22. The molecule has 0 spiro atoms. The zero-order valence-corrected chi connectivity index (χ0v) is 7.91. The first-order chi connectivity index (χ1) is 6.13. The molecule has 0 saturated heterocycles. The van der Waals surface area contributed by atoms with Gasteiger partial charge in [-0.15, -0.1) is 0 Å². The molecule has 0 aliphatic rings. The zero-order valence-electron chi connectivity index (χ0n) is 6.32. The van der Waals surface area contributed by atoms with Crippen LogP contribution in [0.1, 0.15) is 5.56 Å². The number of rotatable bonds is 1. The van der Waals surface area contributed by atoms with Gasteiger partial charge in [0, 0.05) is 4.47 Å². The van der Waals surface area contributed by atoms with Crippen molar-refractivity contribution in [2.24, 2.45) is 0 Å². The highest BCUT2D eigenvalue weighted by Gasteiger charge is 2.07. The fraction of sp³-hybridized carbons (Fsp3) is 0. The Labute approximate surface area is 82.5 Å². The maximum atomic E-state index is 10.2. The van der Waals surface area contributed by atoms with E-state index < -0.39 is 6.16 Å². The first kappa shape index (κ1) is 9.55. The largest absolute Gasteiger partial charge is 0.511 e. The minimum absolute atomic E-state index is 0.0400. The molecule has 0 aliphatic heterocycles. The second-order valence-corrected chi connectivity index (χ2v) is 3.04. The first-order valence-electron chi connectivity index (χ1n) is 3.24. The normalized spacial score (nSPS) is 8.92. The standard InChI is InChI=1S/C8H4BrNO3/c9-6-1-2-7(13-8(11)12)5(3-6)4-10/h1-3H,(H,11,12). The van der Waals surface area contributed by atoms with E-state index in [1.807, 2.05) is 6.07 Å². The molecule has 13 heavy (non-hydrogen) atoms. The minimum Gasteiger partial charge on any atom is -0.449 e. The van der Waals surface area contributed by atoms with Crippen LogP contribution in [0.5, 0.6) is 5.75 Å². The quantitative estimate of drug-likeness (QED) is 0.606. The molecule has 1 aromatic rings. The van der Waals surface area contributed by atoms with Crippen LogP contribution < -0.4 is 4.74 Å². The van der Waals surface area contributed by atoms with Gasteiger partial charge in [-0.05, 0) is 18.2 Å². The third-order valence-electron chi connectivity index (χ3n) is 1.26. The van der Waals surface area contributed by atoms with Crippen molar-refractivity contribution in [3.63, 3.8) is 0 Å². The summed E-state index contributed by atoms with van der Waals surface area (Å²) in [7, 11) is 0. The van der Waals surface area contributed by atoms with Crippen LogP contribution in [0.4, 0.5) is 4.79 Å². The fourth-order valence-corrected chi connectivity index (χ4v) is 1.13. The van der Waals surface area contributed by atoms with Crippen molar-refractivity contribution in [3.8, 4) is 11.8 Å². The Morgan fingerprint density at radius 3 is 2.85 bits per heavy atom. The van der Waals surface area contributed by atoms with Gasteiger partial charge in [-0.2, -0.15) is 5.26 Å². The van der Waals surface area contributed by atoms with E-state index in [0.29, 0.717) is 4.47 Å². The van der Waals surface area contributed by atoms with Crippen molar-refractivity contribution in [1.29, 1.82) is 5.26 Å². The van der Waals surface area contributed by atoms with E-state index in [9.17, 15) is 4.79 Å². The molecule has 1 N–H and O–H groups in total. The van der Waals surface area contributed by atoms with E-state index >= 15 is 0 Å². The summed E-state index contributed by atoms with van der Waals surface area (Å²) in [5.41, 5.74) is 0.178. The second kappa shape index (κ2) is 3.92. The van der Waals surface area contributed by atoms with Gasteiger partial charge in [0.05, 0.1) is 5.56 Å². The van der Waals surface area contributed by atoms with E-state index in [2.05, 4.69) is 20.7 Å². The number of hydrogen-bond donors (Lipinski definition) is 1. The Balaban J connectivity index is 3.08. The lowest BCUT2D eigenvalue weighted by molar-refractivity contribution is 0.144. The predicted octanol–water partition coefficient (Wildman–Crippen LogP) is 2.38. The van der Waals surface area contributed by atoms with Crippen molar-refractivity contribution in [2.45, 2.75) is 0 Å². The maximum Gasteiger partial charge on any atom is 0.511 e. The average Bonchev–Trinajstić information content (AvgIpc) is 2.07. The number of hydrogen-bond acceptors (Lipinski definition) is 3. The molecule has 0 unspecified atom stereocenters. The summed E-state index contributed by atoms with van der Waals surface area (Å²) >= 11 is 3.15. The van der Waals surface area contributed by atoms with Crippen LogP contribution in [0.15, 0.2) is 22.7 Å². The Kier molecular flexibility index (Phi) is 2.88. The molecular weight excluding hydrogens is 238 g/mol. The van der Waals surface area contributed by atoms with E-state index in [4.69, 9.17) is 10.4 Å². The van der Waals surface area contributed by atoms with Crippen LogP contribution in [0.25, 0.3) is 0 Å². The summed E-state index contributed by atoms with van der Waals surface area (Å²) in [6.45, 7) is 0. The topological polar surface area (TPSA) is 70.3 Å². The summed E-state index contributed by atoms with van der Waals surface area (Å²) in [4.78, 5) is 10.2. The molecule has 0 heterocycles. The SMILES string of the molecule is N#Cc1cc(Br)ccc1OC(=O)O. The smallest absolute Gasteiger partial charge is 0.449 e. The summed E-state index contributed by atoms with van der Waals surface area (Å²) in [5, 5.41) is 16.9. The van der Waals surface area contributed by atoms with Crippen LogP contribution in [-0.4, -0.2) is 11.3 Å². The highest BCUT2D eigenvalue weighted by molar-refractivity contribution is 9.10. The number of nitrogens with zero attached hydrogens (tertiary/aromatic N) is 1. The summed E-state index contributed by atoms with van der Waals surface area (Å²) in [6, 6.07) is 6.32. The maximum absolute atomic E-state index is 10.2. The summed E-state index contributed by atoms with van der Waals surface area (Å²) in [6.07, 6.45) is -1.43. The van der Waals surface area contributed by atoms with Crippen molar-refractivity contribution >= 4 is 22.1 Å². The van der Waals surface area contributed by atoms with Gasteiger partial charge in [-0.1, -0.05) is 15.9 Å². The first-order valence-corrected chi connectivity index (χ1v) is 4.03. The van der Waals surface area contributed by atoms with Crippen LogP contribution >= 0.6 is 15.9 Å². The summed E-state index contributed by atoms with van der Waals surface area (Å²) in [5.74, 6) is 0.0400. The molecule has 0 saturated carbocycles. The van der Waals surface area contributed by atoms with Gasteiger partial charge in [-0.25, -0.2) is 4.79 Å². The minimum atomic E-state index is -1.43. The van der Waals surface area contributed by atoms with Gasteiger partial charge in [0.1, 0.15) is 6.07 Å². The van der Waals surface area contributed by atoms with Crippen molar-refractivity contribution in [2.75, 3.05) is 0 Å². The average molecular weight is 242 g/mol. The van der Waals surface area contributed by atoms with Crippen LogP contribution in [0.2, 0.25) is 0 Å². The second-order valence-electron chi connectivity index (χ2n) is 2.12. The lowest BCUT2D eigenvalue weighted by atomic mass is 10.2. The molecule has 0 aliphatic carbocycles. The number of benzene rings is 1. The predicted molar refractivity (Wildman–Crippen MR) is 47.5 cm³/mol. The number of halogens is 1. The van der Waals surface area contributed by atoms with Crippen molar-refractivity contribution in [1.82, 2.24) is 0 Å². The Bertz CT molecular complexity index is 383. The molecule has 0 radical (unpaired) electrons. The van der Waals surface area contributed by atoms with E-state index in [1.54, 1.807) is 6.07 Å². The van der Waals surface area contributed by atoms with Crippen molar-refractivity contribution < 1.29 is 14.6 Å². The van der Waals surface area contributed by atoms with Gasteiger partial charge >= 0.3 is 6.16 Å². The van der Waals surface area contributed by atoms with Crippen LogP contribution in [0.3, 0.4) is 0 Å². The number of carboxylic acid groups (broad SMARTS) is 1. The molecule has 1 aromatic carbocycles. The molecule has 5 heteroatoms. The third kappa shape index (κ3) is 2.46. The van der Waals surface area contributed by atoms with E-state index in [1.165, 1.54) is 12.1 Å². The van der Waals surface area contributed by atoms with E-state index in [0.717, 1.165) is 0 Å². The van der Waals surface area contributed by atoms with Crippen molar-refractivity contribution in [3.05, 3.63) is 28.2 Å². The Morgan fingerprint density at radius 1 is 1.62 bits per heavy atom. The van der Waals surface area contributed by atoms with Gasteiger partial charge in [-0.3, -0.25) is 0 Å². The molecule has 0 bridgehead atoms. The molecule has 1 rings (SSSR count). The van der Waals surface area contributed by atoms with Crippen LogP contribution in [0, 0.1) is 11.3 Å². The Morgan fingerprint density at radius 2 is 2.31 bits per heavy atom. The fourth-order valence-electron chi connectivity index (χ4n) is 0.773. The number of carbonyl (C=O) groups is 1. The molecule has 0 aromatic heterocycles. The molecule has 66 valence electrons. The Hall–Kier alpha value is -1.54. The number of ether oxygens (including phenoxy) is 1. The molecule has 0 amide bonds.